The molecule has 1 saturated heterocycles. The number of nitrogens with zero attached hydrogens (tertiary/aromatic N) is 1. The normalized spacial score (nSPS) is 17.5. The zero-order valence-electron chi connectivity index (χ0n) is 12.6. The van der Waals surface area contributed by atoms with E-state index in [1.807, 2.05) is 6.07 Å². The molecule has 0 aromatic heterocycles. The van der Waals surface area contributed by atoms with Gasteiger partial charge in [-0.05, 0) is 38.1 Å². The van der Waals surface area contributed by atoms with E-state index in [-0.39, 0.29) is 5.75 Å². The van der Waals surface area contributed by atoms with Gasteiger partial charge in [-0.25, -0.2) is 8.42 Å². The summed E-state index contributed by atoms with van der Waals surface area (Å²) >= 11 is 0. The van der Waals surface area contributed by atoms with Crippen LogP contribution in [0.1, 0.15) is 25.7 Å². The predicted octanol–water partition coefficient (Wildman–Crippen LogP) is 1.93. The van der Waals surface area contributed by atoms with Gasteiger partial charge in [0.1, 0.15) is 0 Å². The molecule has 1 aromatic carbocycles. The van der Waals surface area contributed by atoms with E-state index >= 15 is 0 Å². The highest BCUT2D eigenvalue weighted by molar-refractivity contribution is 7.91. The summed E-state index contributed by atoms with van der Waals surface area (Å²) < 4.78 is 24.2. The highest BCUT2D eigenvalue weighted by Crippen LogP contribution is 2.10. The van der Waals surface area contributed by atoms with E-state index in [0.717, 1.165) is 13.1 Å². The molecule has 1 heterocycles. The lowest BCUT2D eigenvalue weighted by Gasteiger charge is -2.19. The van der Waals surface area contributed by atoms with Crippen LogP contribution < -0.4 is 5.32 Å². The van der Waals surface area contributed by atoms with Gasteiger partial charge in [0, 0.05) is 19.6 Å². The molecule has 0 atom stereocenters. The van der Waals surface area contributed by atoms with Crippen LogP contribution in [-0.2, 0) is 9.84 Å². The van der Waals surface area contributed by atoms with Crippen molar-refractivity contribution in [2.75, 3.05) is 38.5 Å². The zero-order chi connectivity index (χ0) is 15.0. The van der Waals surface area contributed by atoms with Crippen LogP contribution in [0.15, 0.2) is 35.2 Å². The van der Waals surface area contributed by atoms with Crippen LogP contribution in [0.25, 0.3) is 0 Å². The molecule has 1 aromatic rings. The summed E-state index contributed by atoms with van der Waals surface area (Å²) in [5, 5.41) is 3.26. The van der Waals surface area contributed by atoms with Crippen molar-refractivity contribution >= 4 is 9.84 Å². The summed E-state index contributed by atoms with van der Waals surface area (Å²) in [4.78, 5) is 2.89. The molecule has 21 heavy (non-hydrogen) atoms. The number of likely N-dealkylation sites (tertiary alicyclic amines) is 1. The summed E-state index contributed by atoms with van der Waals surface area (Å²) in [6.45, 7) is 4.77. The third-order valence-electron chi connectivity index (χ3n) is 3.95. The van der Waals surface area contributed by atoms with Crippen molar-refractivity contribution < 1.29 is 8.42 Å². The molecule has 1 aliphatic rings. The molecule has 2 rings (SSSR count). The van der Waals surface area contributed by atoms with Crippen molar-refractivity contribution in [1.29, 1.82) is 0 Å². The molecule has 4 nitrogen and oxygen atoms in total. The summed E-state index contributed by atoms with van der Waals surface area (Å²) in [6, 6.07) is 8.68. The number of hydrogen-bond donors (Lipinski definition) is 1. The quantitative estimate of drug-likeness (QED) is 0.782. The van der Waals surface area contributed by atoms with Crippen LogP contribution >= 0.6 is 0 Å². The second-order valence-electron chi connectivity index (χ2n) is 5.64. The Morgan fingerprint density at radius 1 is 0.952 bits per heavy atom. The topological polar surface area (TPSA) is 49.4 Å². The second kappa shape index (κ2) is 8.51. The number of sulfone groups is 1. The lowest BCUT2D eigenvalue weighted by Crippen LogP contribution is -2.34. The van der Waals surface area contributed by atoms with Gasteiger partial charge in [-0.1, -0.05) is 31.0 Å². The molecule has 0 spiro atoms. The van der Waals surface area contributed by atoms with Crippen molar-refractivity contribution in [3.8, 4) is 0 Å². The smallest absolute Gasteiger partial charge is 0.179 e. The Morgan fingerprint density at radius 3 is 2.29 bits per heavy atom. The molecule has 118 valence electrons. The van der Waals surface area contributed by atoms with Crippen LogP contribution in [0.5, 0.6) is 0 Å². The summed E-state index contributed by atoms with van der Waals surface area (Å²) in [7, 11) is -3.15. The monoisotopic (exact) mass is 310 g/mol. The van der Waals surface area contributed by atoms with Crippen molar-refractivity contribution in [2.45, 2.75) is 30.6 Å². The molecule has 0 saturated carbocycles. The van der Waals surface area contributed by atoms with Gasteiger partial charge in [-0.2, -0.15) is 0 Å². The van der Waals surface area contributed by atoms with E-state index in [4.69, 9.17) is 0 Å². The highest BCUT2D eigenvalue weighted by Gasteiger charge is 2.13. The third kappa shape index (κ3) is 5.77. The summed E-state index contributed by atoms with van der Waals surface area (Å²) in [6.07, 6.45) is 5.28. The molecule has 0 bridgehead atoms. The van der Waals surface area contributed by atoms with Gasteiger partial charge in [-0.3, -0.25) is 0 Å². The average molecular weight is 310 g/mol. The molecule has 0 amide bonds. The van der Waals surface area contributed by atoms with Crippen LogP contribution in [0.2, 0.25) is 0 Å². The molecule has 1 fully saturated rings. The number of benzene rings is 1. The number of nitrogens with one attached hydrogen (secondary N) is 1. The Labute approximate surface area is 128 Å². The van der Waals surface area contributed by atoms with Crippen molar-refractivity contribution in [1.82, 2.24) is 10.2 Å². The Bertz CT molecular complexity index is 494. The predicted molar refractivity (Wildman–Crippen MR) is 86.3 cm³/mol. The molecule has 0 unspecified atom stereocenters. The van der Waals surface area contributed by atoms with E-state index in [2.05, 4.69) is 10.2 Å². The third-order valence-corrected chi connectivity index (χ3v) is 5.69. The first kappa shape index (κ1) is 16.5. The summed E-state index contributed by atoms with van der Waals surface area (Å²) in [5.74, 6) is 0.164. The van der Waals surface area contributed by atoms with Gasteiger partial charge in [0.05, 0.1) is 10.6 Å². The van der Waals surface area contributed by atoms with Gasteiger partial charge in [0.2, 0.25) is 0 Å². The lowest BCUT2D eigenvalue weighted by molar-refractivity contribution is 0.285. The van der Waals surface area contributed by atoms with Crippen LogP contribution in [-0.4, -0.2) is 51.8 Å². The van der Waals surface area contributed by atoms with Gasteiger partial charge < -0.3 is 10.2 Å². The first-order valence-electron chi connectivity index (χ1n) is 7.89. The molecule has 0 radical (unpaired) electrons. The Kier molecular flexibility index (Phi) is 6.67. The zero-order valence-corrected chi connectivity index (χ0v) is 13.4. The molecule has 0 aliphatic carbocycles. The molecular formula is C16H26N2O2S. The maximum atomic E-state index is 12.1. The van der Waals surface area contributed by atoms with Crippen molar-refractivity contribution in [3.63, 3.8) is 0 Å². The Balaban J connectivity index is 1.65. The van der Waals surface area contributed by atoms with Crippen LogP contribution in [0.3, 0.4) is 0 Å². The van der Waals surface area contributed by atoms with Crippen molar-refractivity contribution in [3.05, 3.63) is 30.3 Å². The van der Waals surface area contributed by atoms with Gasteiger partial charge in [0.25, 0.3) is 0 Å². The lowest BCUT2D eigenvalue weighted by atomic mass is 10.2. The van der Waals surface area contributed by atoms with E-state index < -0.39 is 9.84 Å². The van der Waals surface area contributed by atoms with E-state index in [9.17, 15) is 8.42 Å². The molecule has 1 aliphatic heterocycles. The maximum Gasteiger partial charge on any atom is 0.179 e. The SMILES string of the molecule is O=S(=O)(CCNCCN1CCCCCC1)c1ccccc1. The minimum atomic E-state index is -3.15. The highest BCUT2D eigenvalue weighted by atomic mass is 32.2. The molecule has 1 N–H and O–H groups in total. The standard InChI is InChI=1S/C16H26N2O2S/c19-21(20,16-8-4-3-5-9-16)15-11-17-10-14-18-12-6-1-2-7-13-18/h3-5,8-9,17H,1-2,6-7,10-15H2. The minimum absolute atomic E-state index is 0.164. The minimum Gasteiger partial charge on any atom is -0.314 e. The summed E-state index contributed by atoms with van der Waals surface area (Å²) in [5.41, 5.74) is 0. The Hall–Kier alpha value is -0.910. The van der Waals surface area contributed by atoms with Crippen LogP contribution in [0.4, 0.5) is 0 Å². The average Bonchev–Trinajstić information content (AvgIpc) is 2.76. The fourth-order valence-corrected chi connectivity index (χ4v) is 3.89. The number of rotatable bonds is 7. The van der Waals surface area contributed by atoms with E-state index in [1.54, 1.807) is 24.3 Å². The fraction of sp³-hybridized carbons (Fsp3) is 0.625. The Morgan fingerprint density at radius 2 is 1.62 bits per heavy atom. The van der Waals surface area contributed by atoms with E-state index in [1.165, 1.54) is 38.8 Å². The fourth-order valence-electron chi connectivity index (χ4n) is 2.67. The van der Waals surface area contributed by atoms with Crippen molar-refractivity contribution in [2.24, 2.45) is 0 Å². The first-order chi connectivity index (χ1) is 10.2. The largest absolute Gasteiger partial charge is 0.314 e. The molecule has 5 heteroatoms. The van der Waals surface area contributed by atoms with Gasteiger partial charge >= 0.3 is 0 Å². The van der Waals surface area contributed by atoms with Gasteiger partial charge in [0.15, 0.2) is 9.84 Å². The van der Waals surface area contributed by atoms with E-state index in [0.29, 0.717) is 11.4 Å². The van der Waals surface area contributed by atoms with Gasteiger partial charge in [-0.15, -0.1) is 0 Å². The first-order valence-corrected chi connectivity index (χ1v) is 9.54. The molecular weight excluding hydrogens is 284 g/mol. The number of hydrogen-bond acceptors (Lipinski definition) is 4. The van der Waals surface area contributed by atoms with Crippen LogP contribution in [0, 0.1) is 0 Å². The second-order valence-corrected chi connectivity index (χ2v) is 7.75. The maximum absolute atomic E-state index is 12.1.